The van der Waals surface area contributed by atoms with Gasteiger partial charge in [-0.25, -0.2) is 4.98 Å². The van der Waals surface area contributed by atoms with Crippen LogP contribution in [0.3, 0.4) is 0 Å². The maximum absolute atomic E-state index is 13.1. The minimum atomic E-state index is -0.969. The maximum atomic E-state index is 13.1. The molecule has 1 unspecified atom stereocenters. The van der Waals surface area contributed by atoms with Crippen molar-refractivity contribution >= 4 is 51.6 Å². The zero-order valence-corrected chi connectivity index (χ0v) is 29.2. The van der Waals surface area contributed by atoms with Gasteiger partial charge >= 0.3 is 0 Å². The van der Waals surface area contributed by atoms with Gasteiger partial charge < -0.3 is 21.4 Å². The average Bonchev–Trinajstić information content (AvgIpc) is 3.95. The number of piperidine rings is 1. The number of imide groups is 2. The maximum Gasteiger partial charge on any atom is 0.262 e. The summed E-state index contributed by atoms with van der Waals surface area (Å²) in [4.78, 5) is 63.2. The van der Waals surface area contributed by atoms with Crippen molar-refractivity contribution in [2.24, 2.45) is 11.8 Å². The Morgan fingerprint density at radius 2 is 1.77 bits per heavy atom. The third-order valence-electron chi connectivity index (χ3n) is 11.0. The number of fused-ring (bicyclic) bond motifs is 2. The van der Waals surface area contributed by atoms with Crippen LogP contribution in [0.25, 0.3) is 16.6 Å². The van der Waals surface area contributed by atoms with E-state index in [2.05, 4.69) is 44.4 Å². The average molecular weight is 704 g/mol. The van der Waals surface area contributed by atoms with E-state index in [1.165, 1.54) is 5.56 Å². The summed E-state index contributed by atoms with van der Waals surface area (Å²) < 4.78 is 0. The Bertz CT molecular complexity index is 1960. The van der Waals surface area contributed by atoms with Crippen LogP contribution in [0.15, 0.2) is 48.8 Å². The lowest BCUT2D eigenvalue weighted by Crippen LogP contribution is -2.54. The summed E-state index contributed by atoms with van der Waals surface area (Å²) in [5.41, 5.74) is 6.50. The Morgan fingerprint density at radius 3 is 2.56 bits per heavy atom. The molecule has 52 heavy (non-hydrogen) atoms. The van der Waals surface area contributed by atoms with Gasteiger partial charge in [-0.1, -0.05) is 6.07 Å². The predicted octanol–water partition coefficient (Wildman–Crippen LogP) is 3.47. The molecule has 3 aliphatic heterocycles. The first-order valence-electron chi connectivity index (χ1n) is 18.6. The highest BCUT2D eigenvalue weighted by atomic mass is 16.2. The van der Waals surface area contributed by atoms with Gasteiger partial charge in [0.05, 0.1) is 34.1 Å². The zero-order chi connectivity index (χ0) is 35.8. The van der Waals surface area contributed by atoms with Gasteiger partial charge in [0.1, 0.15) is 6.04 Å². The molecule has 5 aliphatic rings. The lowest BCUT2D eigenvalue weighted by atomic mass is 9.77. The van der Waals surface area contributed by atoms with Crippen LogP contribution in [0.4, 0.5) is 5.69 Å². The van der Waals surface area contributed by atoms with E-state index in [1.807, 2.05) is 12.4 Å². The van der Waals surface area contributed by atoms with Gasteiger partial charge in [0.15, 0.2) is 0 Å². The van der Waals surface area contributed by atoms with Gasteiger partial charge in [-0.15, -0.1) is 0 Å². The number of allylic oxidation sites excluding steroid dienone is 1. The van der Waals surface area contributed by atoms with E-state index in [0.29, 0.717) is 23.6 Å². The van der Waals surface area contributed by atoms with Crippen molar-refractivity contribution in [1.29, 1.82) is 5.41 Å². The highest BCUT2D eigenvalue weighted by Gasteiger charge is 2.44. The smallest absolute Gasteiger partial charge is 0.262 e. The van der Waals surface area contributed by atoms with E-state index in [4.69, 9.17) is 15.4 Å². The second-order valence-electron chi connectivity index (χ2n) is 14.8. The Balaban J connectivity index is 0.826. The Kier molecular flexibility index (Phi) is 9.54. The van der Waals surface area contributed by atoms with Gasteiger partial charge in [-0.05, 0) is 86.8 Å². The monoisotopic (exact) mass is 703 g/mol. The predicted molar refractivity (Wildman–Crippen MR) is 197 cm³/mol. The number of hydrogen-bond donors (Lipinski definition) is 5. The number of piperazine rings is 1. The molecule has 4 heterocycles. The van der Waals surface area contributed by atoms with Gasteiger partial charge in [0.25, 0.3) is 11.8 Å². The molecule has 4 amide bonds. The minimum absolute atomic E-state index is 0.0936. The standard InChI is InChI=1S/C39H45N9O4/c40-36(25-4-5-25)30(33-21-44-31-8-3-24(18-32(31)45-33)22-47-14-12-41-13-15-47)20-43-27-16-23(17-27)2-1-11-42-26-6-7-28-29(19-26)39(52)48(38(28)51)34-9-10-35(49)46-37(34)50/h3,6-8,18-21,23,25,27,34,40-43H,1-2,4-5,9-17,22H2,(H,46,49,50)/b30-20-,40-36?. The topological polar surface area (TPSA) is 173 Å². The molecule has 2 aromatic carbocycles. The number of carbonyl (C=O) groups excluding carboxylic acids is 4. The second kappa shape index (κ2) is 14.5. The molecule has 0 radical (unpaired) electrons. The van der Waals surface area contributed by atoms with Crippen molar-refractivity contribution in [3.05, 3.63) is 71.2 Å². The van der Waals surface area contributed by atoms with Crippen LogP contribution in [0.5, 0.6) is 0 Å². The number of hydrogen-bond acceptors (Lipinski definition) is 11. The van der Waals surface area contributed by atoms with Crippen LogP contribution in [0, 0.1) is 17.2 Å². The largest absolute Gasteiger partial charge is 0.388 e. The number of rotatable bonds is 13. The molecule has 0 spiro atoms. The molecule has 3 aromatic rings. The molecule has 13 nitrogen and oxygen atoms in total. The highest BCUT2D eigenvalue weighted by Crippen LogP contribution is 2.36. The van der Waals surface area contributed by atoms with Gasteiger partial charge in [0, 0.05) is 80.8 Å². The number of aromatic nitrogens is 2. The van der Waals surface area contributed by atoms with Gasteiger partial charge in [-0.3, -0.25) is 39.3 Å². The third kappa shape index (κ3) is 7.20. The highest BCUT2D eigenvalue weighted by molar-refractivity contribution is 6.24. The van der Waals surface area contributed by atoms with Crippen LogP contribution in [-0.4, -0.2) is 93.9 Å². The van der Waals surface area contributed by atoms with Crippen molar-refractivity contribution in [2.45, 2.75) is 70.0 Å². The van der Waals surface area contributed by atoms with Crippen molar-refractivity contribution in [1.82, 2.24) is 35.7 Å². The van der Waals surface area contributed by atoms with E-state index in [9.17, 15) is 19.2 Å². The zero-order valence-electron chi connectivity index (χ0n) is 29.2. The van der Waals surface area contributed by atoms with Crippen LogP contribution in [0.1, 0.15) is 83.3 Å². The Labute approximate surface area is 302 Å². The number of anilines is 1. The van der Waals surface area contributed by atoms with E-state index < -0.39 is 29.7 Å². The fraction of sp³-hybridized carbons (Fsp3) is 0.462. The quantitative estimate of drug-likeness (QED) is 0.101. The number of nitrogens with one attached hydrogen (secondary N) is 5. The van der Waals surface area contributed by atoms with Crippen molar-refractivity contribution in [2.75, 3.05) is 38.0 Å². The second-order valence-corrected chi connectivity index (χ2v) is 14.8. The molecule has 5 N–H and O–H groups in total. The molecule has 270 valence electrons. The summed E-state index contributed by atoms with van der Waals surface area (Å²) in [7, 11) is 0. The van der Waals surface area contributed by atoms with E-state index >= 15 is 0 Å². The molecule has 4 fully saturated rings. The van der Waals surface area contributed by atoms with Crippen molar-refractivity contribution in [3.63, 3.8) is 0 Å². The van der Waals surface area contributed by atoms with E-state index in [0.717, 1.165) is 111 Å². The number of benzene rings is 2. The molecule has 0 bridgehead atoms. The minimum Gasteiger partial charge on any atom is -0.388 e. The van der Waals surface area contributed by atoms with E-state index in [-0.39, 0.29) is 24.0 Å². The molecule has 1 aromatic heterocycles. The number of nitrogens with zero attached hydrogens (tertiary/aromatic N) is 4. The van der Waals surface area contributed by atoms with Crippen molar-refractivity contribution < 1.29 is 19.2 Å². The van der Waals surface area contributed by atoms with Gasteiger partial charge in [-0.2, -0.15) is 0 Å². The molecule has 2 aliphatic carbocycles. The summed E-state index contributed by atoms with van der Waals surface area (Å²) in [6.07, 6.45) is 10.3. The Hall–Kier alpha value is -5.01. The summed E-state index contributed by atoms with van der Waals surface area (Å²) in [6, 6.07) is 10.8. The normalized spacial score (nSPS) is 23.7. The first-order chi connectivity index (χ1) is 25.3. The number of amides is 4. The SMILES string of the molecule is N=C(/C(=C\NC1CC(CCCNc2ccc3c(c2)C(=O)N(C2CCC(=O)NC2=O)C3=O)C1)c1cnc2ccc(CN3CCNCC3)cc2n1)C1CC1. The first-order valence-corrected chi connectivity index (χ1v) is 18.6. The molecule has 2 saturated carbocycles. The molecule has 13 heteroatoms. The first kappa shape index (κ1) is 34.1. The molecular weight excluding hydrogens is 658 g/mol. The summed E-state index contributed by atoms with van der Waals surface area (Å²) in [6.45, 7) is 5.74. The van der Waals surface area contributed by atoms with Crippen LogP contribution >= 0.6 is 0 Å². The van der Waals surface area contributed by atoms with Crippen LogP contribution in [-0.2, 0) is 16.1 Å². The Morgan fingerprint density at radius 1 is 0.962 bits per heavy atom. The number of carbonyl (C=O) groups is 4. The van der Waals surface area contributed by atoms with Crippen molar-refractivity contribution in [3.8, 4) is 0 Å². The molecule has 1 atom stereocenters. The molecule has 8 rings (SSSR count). The summed E-state index contributed by atoms with van der Waals surface area (Å²) in [5.74, 6) is -1.10. The fourth-order valence-electron chi connectivity index (χ4n) is 7.81. The van der Waals surface area contributed by atoms with Gasteiger partial charge in [0.2, 0.25) is 11.8 Å². The summed E-state index contributed by atoms with van der Waals surface area (Å²) in [5, 5.41) is 21.6. The van der Waals surface area contributed by atoms with Crippen LogP contribution in [0.2, 0.25) is 0 Å². The van der Waals surface area contributed by atoms with Crippen LogP contribution < -0.4 is 21.3 Å². The summed E-state index contributed by atoms with van der Waals surface area (Å²) >= 11 is 0. The molecular formula is C39H45N9O4. The lowest BCUT2D eigenvalue weighted by molar-refractivity contribution is -0.136. The molecule has 2 saturated heterocycles. The van der Waals surface area contributed by atoms with E-state index in [1.54, 1.807) is 18.2 Å². The third-order valence-corrected chi connectivity index (χ3v) is 11.0. The lowest BCUT2D eigenvalue weighted by Gasteiger charge is -2.36. The fourth-order valence-corrected chi connectivity index (χ4v) is 7.81.